The van der Waals surface area contributed by atoms with Crippen LogP contribution in [0.2, 0.25) is 0 Å². The van der Waals surface area contributed by atoms with Crippen LogP contribution in [0.3, 0.4) is 0 Å². The first-order valence-electron chi connectivity index (χ1n) is 6.74. The van der Waals surface area contributed by atoms with Crippen LogP contribution in [0, 0.1) is 0 Å². The van der Waals surface area contributed by atoms with E-state index in [9.17, 15) is 0 Å². The van der Waals surface area contributed by atoms with Crippen molar-refractivity contribution in [2.24, 2.45) is 0 Å². The quantitative estimate of drug-likeness (QED) is 0.885. The standard InChI is InChI=1S/C13H22BrN3S2/c1-5-17-13(10(14)6-16-17)12(15-4)11-7-18-8(2)9(3)19-11/h6,8-9,11-12,15H,5,7H2,1-4H3. The van der Waals surface area contributed by atoms with Crippen molar-refractivity contribution in [1.29, 1.82) is 0 Å². The third kappa shape index (κ3) is 3.34. The average molecular weight is 364 g/mol. The van der Waals surface area contributed by atoms with Crippen molar-refractivity contribution in [2.75, 3.05) is 12.8 Å². The summed E-state index contributed by atoms with van der Waals surface area (Å²) in [5.41, 5.74) is 1.28. The molecule has 1 aromatic heterocycles. The van der Waals surface area contributed by atoms with Gasteiger partial charge in [0.25, 0.3) is 0 Å². The molecular weight excluding hydrogens is 342 g/mol. The fourth-order valence-corrected chi connectivity index (χ4v) is 6.09. The van der Waals surface area contributed by atoms with Crippen molar-refractivity contribution in [2.45, 2.75) is 49.1 Å². The summed E-state index contributed by atoms with van der Waals surface area (Å²) in [5, 5.41) is 10.00. The lowest BCUT2D eigenvalue weighted by atomic mass is 10.1. The molecule has 4 unspecified atom stereocenters. The number of hydrogen-bond acceptors (Lipinski definition) is 4. The molecule has 0 aromatic carbocycles. The van der Waals surface area contributed by atoms with Gasteiger partial charge in [-0.3, -0.25) is 4.68 Å². The minimum Gasteiger partial charge on any atom is -0.311 e. The van der Waals surface area contributed by atoms with Gasteiger partial charge in [0.15, 0.2) is 0 Å². The Kier molecular flexibility index (Phi) is 5.69. The van der Waals surface area contributed by atoms with E-state index in [4.69, 9.17) is 0 Å². The van der Waals surface area contributed by atoms with E-state index < -0.39 is 0 Å². The minimum atomic E-state index is 0.351. The Morgan fingerprint density at radius 1 is 1.53 bits per heavy atom. The van der Waals surface area contributed by atoms with E-state index in [0.29, 0.717) is 16.5 Å². The summed E-state index contributed by atoms with van der Waals surface area (Å²) in [4.78, 5) is 0. The van der Waals surface area contributed by atoms with E-state index in [1.807, 2.05) is 6.20 Å². The molecule has 1 N–H and O–H groups in total. The van der Waals surface area contributed by atoms with Crippen LogP contribution in [0.25, 0.3) is 0 Å². The molecular formula is C13H22BrN3S2. The molecule has 0 aliphatic carbocycles. The molecule has 1 saturated heterocycles. The van der Waals surface area contributed by atoms with Gasteiger partial charge in [-0.15, -0.1) is 0 Å². The highest BCUT2D eigenvalue weighted by atomic mass is 79.9. The maximum absolute atomic E-state index is 4.45. The summed E-state index contributed by atoms with van der Waals surface area (Å²) in [6.45, 7) is 7.73. The molecule has 0 spiro atoms. The van der Waals surface area contributed by atoms with E-state index in [1.165, 1.54) is 11.4 Å². The van der Waals surface area contributed by atoms with Crippen molar-refractivity contribution in [1.82, 2.24) is 15.1 Å². The summed E-state index contributed by atoms with van der Waals surface area (Å²) >= 11 is 7.85. The molecule has 0 bridgehead atoms. The molecule has 3 nitrogen and oxygen atoms in total. The first-order valence-corrected chi connectivity index (χ1v) is 9.52. The van der Waals surface area contributed by atoms with Crippen LogP contribution in [0.15, 0.2) is 10.7 Å². The van der Waals surface area contributed by atoms with E-state index >= 15 is 0 Å². The van der Waals surface area contributed by atoms with Crippen LogP contribution >= 0.6 is 39.5 Å². The molecule has 108 valence electrons. The molecule has 0 saturated carbocycles. The Morgan fingerprint density at radius 2 is 2.26 bits per heavy atom. The van der Waals surface area contributed by atoms with Crippen molar-refractivity contribution in [3.63, 3.8) is 0 Å². The lowest BCUT2D eigenvalue weighted by Gasteiger charge is -2.36. The Morgan fingerprint density at radius 3 is 2.84 bits per heavy atom. The SMILES string of the molecule is CCn1ncc(Br)c1C(NC)C1CSC(C)C(C)S1. The Hall–Kier alpha value is 0.350. The summed E-state index contributed by atoms with van der Waals surface area (Å²) in [6, 6.07) is 0.351. The van der Waals surface area contributed by atoms with E-state index in [-0.39, 0.29) is 0 Å². The Bertz CT molecular complexity index is 424. The normalized spacial score (nSPS) is 29.4. The lowest BCUT2D eigenvalue weighted by molar-refractivity contribution is 0.511. The second kappa shape index (κ2) is 6.87. The van der Waals surface area contributed by atoms with Gasteiger partial charge >= 0.3 is 0 Å². The second-order valence-corrected chi connectivity index (χ2v) is 8.76. The number of thioether (sulfide) groups is 2. The molecule has 2 rings (SSSR count). The van der Waals surface area contributed by atoms with Crippen LogP contribution in [-0.2, 0) is 6.54 Å². The Balaban J connectivity index is 2.22. The van der Waals surface area contributed by atoms with Crippen LogP contribution in [0.5, 0.6) is 0 Å². The maximum atomic E-state index is 4.45. The number of rotatable bonds is 4. The zero-order valence-electron chi connectivity index (χ0n) is 11.9. The number of nitrogens with zero attached hydrogens (tertiary/aromatic N) is 2. The van der Waals surface area contributed by atoms with Crippen molar-refractivity contribution >= 4 is 39.5 Å². The van der Waals surface area contributed by atoms with E-state index in [1.54, 1.807) is 0 Å². The van der Waals surface area contributed by atoms with Crippen LogP contribution in [0.1, 0.15) is 32.5 Å². The lowest BCUT2D eigenvalue weighted by Crippen LogP contribution is -2.37. The molecule has 1 aliphatic heterocycles. The zero-order valence-corrected chi connectivity index (χ0v) is 15.1. The smallest absolute Gasteiger partial charge is 0.0707 e. The highest BCUT2D eigenvalue weighted by Crippen LogP contribution is 2.42. The topological polar surface area (TPSA) is 29.9 Å². The average Bonchev–Trinajstić information content (AvgIpc) is 2.76. The minimum absolute atomic E-state index is 0.351. The first kappa shape index (κ1) is 15.7. The highest BCUT2D eigenvalue weighted by molar-refractivity contribution is 9.10. The van der Waals surface area contributed by atoms with Gasteiger partial charge in [0.1, 0.15) is 0 Å². The molecule has 0 amide bonds. The third-order valence-electron chi connectivity index (χ3n) is 3.68. The van der Waals surface area contributed by atoms with Gasteiger partial charge in [-0.05, 0) is 29.9 Å². The van der Waals surface area contributed by atoms with Gasteiger partial charge in [-0.25, -0.2) is 0 Å². The molecule has 1 fully saturated rings. The predicted molar refractivity (Wildman–Crippen MR) is 90.2 cm³/mol. The van der Waals surface area contributed by atoms with Gasteiger partial charge in [-0.1, -0.05) is 13.8 Å². The van der Waals surface area contributed by atoms with Crippen molar-refractivity contribution in [3.05, 3.63) is 16.4 Å². The van der Waals surface area contributed by atoms with Crippen molar-refractivity contribution in [3.8, 4) is 0 Å². The van der Waals surface area contributed by atoms with E-state index in [0.717, 1.165) is 16.3 Å². The van der Waals surface area contributed by atoms with Crippen LogP contribution in [0.4, 0.5) is 0 Å². The molecule has 0 radical (unpaired) electrons. The van der Waals surface area contributed by atoms with Gasteiger partial charge in [0.2, 0.25) is 0 Å². The third-order valence-corrected chi connectivity index (χ3v) is 7.79. The largest absolute Gasteiger partial charge is 0.311 e. The molecule has 6 heteroatoms. The zero-order chi connectivity index (χ0) is 14.0. The van der Waals surface area contributed by atoms with E-state index in [2.05, 4.69) is 82.4 Å². The summed E-state index contributed by atoms with van der Waals surface area (Å²) in [5.74, 6) is 1.20. The first-order chi connectivity index (χ1) is 9.08. The van der Waals surface area contributed by atoms with Gasteiger partial charge < -0.3 is 5.32 Å². The molecule has 1 aromatic rings. The number of hydrogen-bond donors (Lipinski definition) is 1. The van der Waals surface area contributed by atoms with Gasteiger partial charge in [0, 0.05) is 28.0 Å². The van der Waals surface area contributed by atoms with Crippen LogP contribution < -0.4 is 5.32 Å². The Labute approximate surface area is 132 Å². The summed E-state index contributed by atoms with van der Waals surface area (Å²) in [6.07, 6.45) is 1.91. The molecule has 2 heterocycles. The summed E-state index contributed by atoms with van der Waals surface area (Å²) < 4.78 is 3.21. The fraction of sp³-hybridized carbons (Fsp3) is 0.769. The number of aromatic nitrogens is 2. The number of aryl methyl sites for hydroxylation is 1. The maximum Gasteiger partial charge on any atom is 0.0707 e. The number of halogens is 1. The van der Waals surface area contributed by atoms with Crippen molar-refractivity contribution < 1.29 is 0 Å². The summed E-state index contributed by atoms with van der Waals surface area (Å²) in [7, 11) is 2.05. The molecule has 4 atom stereocenters. The van der Waals surface area contributed by atoms with Crippen LogP contribution in [-0.4, -0.2) is 38.3 Å². The molecule has 19 heavy (non-hydrogen) atoms. The van der Waals surface area contributed by atoms with Gasteiger partial charge in [-0.2, -0.15) is 28.6 Å². The number of nitrogens with one attached hydrogen (secondary N) is 1. The van der Waals surface area contributed by atoms with Gasteiger partial charge in [0.05, 0.1) is 22.4 Å². The molecule has 1 aliphatic rings. The monoisotopic (exact) mass is 363 g/mol. The fourth-order valence-electron chi connectivity index (χ4n) is 2.41. The highest BCUT2D eigenvalue weighted by Gasteiger charge is 2.33. The second-order valence-electron chi connectivity index (χ2n) is 4.88. The predicted octanol–water partition coefficient (Wildman–Crippen LogP) is 3.55.